The lowest BCUT2D eigenvalue weighted by Crippen LogP contribution is -2.28. The maximum atomic E-state index is 12.5. The highest BCUT2D eigenvalue weighted by Crippen LogP contribution is 2.26. The monoisotopic (exact) mass is 503 g/mol. The fraction of sp³-hybridized carbons (Fsp3) is 0.241. The molecule has 1 heterocycles. The maximum Gasteiger partial charge on any atom is 0.258 e. The zero-order chi connectivity index (χ0) is 25.3. The predicted octanol–water partition coefficient (Wildman–Crippen LogP) is 6.31. The van der Waals surface area contributed by atoms with Gasteiger partial charge < -0.3 is 14.8 Å². The summed E-state index contributed by atoms with van der Waals surface area (Å²) in [6, 6.07) is 24.8. The van der Waals surface area contributed by atoms with Gasteiger partial charge in [-0.15, -0.1) is 0 Å². The first-order valence-electron chi connectivity index (χ1n) is 12.0. The summed E-state index contributed by atoms with van der Waals surface area (Å²) >= 11 is 6.11. The van der Waals surface area contributed by atoms with Crippen molar-refractivity contribution in [1.29, 1.82) is 0 Å². The van der Waals surface area contributed by atoms with E-state index in [1.807, 2.05) is 77.6 Å². The summed E-state index contributed by atoms with van der Waals surface area (Å²) in [5, 5.41) is 8.22. The molecule has 186 valence electrons. The van der Waals surface area contributed by atoms with Crippen LogP contribution in [0.5, 0.6) is 11.5 Å². The minimum atomic E-state index is -0.248. The summed E-state index contributed by atoms with van der Waals surface area (Å²) < 4.78 is 13.2. The summed E-state index contributed by atoms with van der Waals surface area (Å²) in [5.74, 6) is 1.65. The van der Waals surface area contributed by atoms with Crippen molar-refractivity contribution in [3.8, 4) is 28.4 Å². The first-order valence-corrected chi connectivity index (χ1v) is 12.4. The molecule has 0 spiro atoms. The predicted molar refractivity (Wildman–Crippen MR) is 143 cm³/mol. The number of amides is 1. The van der Waals surface area contributed by atoms with Crippen LogP contribution in [0.15, 0.2) is 85.1 Å². The average Bonchev–Trinajstić information content (AvgIpc) is 3.32. The number of benzene rings is 3. The number of carbonyl (C=O) groups is 1. The lowest BCUT2D eigenvalue weighted by atomic mass is 10.1. The van der Waals surface area contributed by atoms with Crippen LogP contribution in [-0.4, -0.2) is 28.9 Å². The van der Waals surface area contributed by atoms with Crippen molar-refractivity contribution in [2.24, 2.45) is 5.92 Å². The van der Waals surface area contributed by atoms with Gasteiger partial charge in [-0.05, 0) is 60.9 Å². The number of rotatable bonds is 11. The Bertz CT molecular complexity index is 1270. The number of nitrogens with one attached hydrogen (secondary N) is 1. The molecule has 1 amide bonds. The molecule has 1 N–H and O–H groups in total. The molecule has 0 radical (unpaired) electrons. The van der Waals surface area contributed by atoms with Gasteiger partial charge in [0.2, 0.25) is 0 Å². The number of para-hydroxylation sites is 2. The second-order valence-electron chi connectivity index (χ2n) is 8.83. The Morgan fingerprint density at radius 3 is 2.42 bits per heavy atom. The van der Waals surface area contributed by atoms with Crippen molar-refractivity contribution >= 4 is 17.5 Å². The van der Waals surface area contributed by atoms with Crippen LogP contribution in [0.4, 0.5) is 0 Å². The molecule has 0 aliphatic rings. The third-order valence-electron chi connectivity index (χ3n) is 5.57. The second-order valence-corrected chi connectivity index (χ2v) is 9.24. The van der Waals surface area contributed by atoms with Crippen molar-refractivity contribution in [1.82, 2.24) is 15.1 Å². The molecule has 0 aliphatic heterocycles. The Morgan fingerprint density at radius 2 is 1.69 bits per heavy atom. The minimum Gasteiger partial charge on any atom is -0.494 e. The van der Waals surface area contributed by atoms with Gasteiger partial charge in [-0.25, -0.2) is 4.68 Å². The number of halogens is 1. The van der Waals surface area contributed by atoms with Gasteiger partial charge in [-0.3, -0.25) is 4.79 Å². The standard InChI is InChI=1S/C29H30ClN3O3/c1-21(2)16-17-35-25-14-12-22(13-15-25)29-23(19-33(32-29)24-8-4-3-5-9-24)18-31-28(34)20-36-27-11-7-6-10-26(27)30/h3-15,19,21H,16-18,20H2,1-2H3,(H,31,34). The maximum absolute atomic E-state index is 12.5. The molecule has 0 saturated carbocycles. The van der Waals surface area contributed by atoms with E-state index in [4.69, 9.17) is 26.2 Å². The average molecular weight is 504 g/mol. The van der Waals surface area contributed by atoms with Crippen LogP contribution in [0.1, 0.15) is 25.8 Å². The van der Waals surface area contributed by atoms with Gasteiger partial charge in [0.25, 0.3) is 5.91 Å². The summed E-state index contributed by atoms with van der Waals surface area (Å²) in [6.45, 7) is 5.22. The molecular formula is C29H30ClN3O3. The van der Waals surface area contributed by atoms with Crippen LogP contribution in [0.25, 0.3) is 16.9 Å². The van der Waals surface area contributed by atoms with Gasteiger partial charge in [0, 0.05) is 23.9 Å². The van der Waals surface area contributed by atoms with E-state index >= 15 is 0 Å². The van der Waals surface area contributed by atoms with Gasteiger partial charge in [-0.1, -0.05) is 55.8 Å². The zero-order valence-corrected chi connectivity index (χ0v) is 21.2. The number of aromatic nitrogens is 2. The van der Waals surface area contributed by atoms with Crippen molar-refractivity contribution in [2.45, 2.75) is 26.8 Å². The topological polar surface area (TPSA) is 65.4 Å². The van der Waals surface area contributed by atoms with Crippen LogP contribution in [0.2, 0.25) is 5.02 Å². The normalized spacial score (nSPS) is 10.9. The fourth-order valence-corrected chi connectivity index (χ4v) is 3.76. The molecule has 7 heteroatoms. The largest absolute Gasteiger partial charge is 0.494 e. The smallest absolute Gasteiger partial charge is 0.258 e. The highest BCUT2D eigenvalue weighted by Gasteiger charge is 2.14. The Labute approximate surface area is 216 Å². The van der Waals surface area contributed by atoms with Gasteiger partial charge in [0.1, 0.15) is 11.5 Å². The summed E-state index contributed by atoms with van der Waals surface area (Å²) in [5.41, 5.74) is 3.56. The van der Waals surface area contributed by atoms with Crippen LogP contribution >= 0.6 is 11.6 Å². The second kappa shape index (κ2) is 12.3. The first kappa shape index (κ1) is 25.3. The van der Waals surface area contributed by atoms with Crippen LogP contribution in [0.3, 0.4) is 0 Å². The van der Waals surface area contributed by atoms with E-state index in [-0.39, 0.29) is 12.5 Å². The quantitative estimate of drug-likeness (QED) is 0.260. The molecule has 36 heavy (non-hydrogen) atoms. The Hall–Kier alpha value is -3.77. The number of ether oxygens (including phenoxy) is 2. The summed E-state index contributed by atoms with van der Waals surface area (Å²) in [7, 11) is 0. The van der Waals surface area contributed by atoms with Crippen LogP contribution in [0, 0.1) is 5.92 Å². The number of hydrogen-bond donors (Lipinski definition) is 1. The molecular weight excluding hydrogens is 474 g/mol. The Kier molecular flexibility index (Phi) is 8.63. The van der Waals surface area contributed by atoms with Crippen molar-refractivity contribution < 1.29 is 14.3 Å². The van der Waals surface area contributed by atoms with E-state index in [0.29, 0.717) is 29.8 Å². The van der Waals surface area contributed by atoms with E-state index in [2.05, 4.69) is 19.2 Å². The minimum absolute atomic E-state index is 0.131. The molecule has 0 unspecified atom stereocenters. The molecule has 4 rings (SSSR count). The summed E-state index contributed by atoms with van der Waals surface area (Å²) in [4.78, 5) is 12.5. The van der Waals surface area contributed by atoms with E-state index in [1.54, 1.807) is 12.1 Å². The Balaban J connectivity index is 1.48. The van der Waals surface area contributed by atoms with Crippen molar-refractivity contribution in [3.05, 3.63) is 95.6 Å². The molecule has 0 fully saturated rings. The lowest BCUT2D eigenvalue weighted by Gasteiger charge is -2.10. The highest BCUT2D eigenvalue weighted by molar-refractivity contribution is 6.32. The Morgan fingerprint density at radius 1 is 0.972 bits per heavy atom. The van der Waals surface area contributed by atoms with E-state index in [9.17, 15) is 4.79 Å². The summed E-state index contributed by atoms with van der Waals surface area (Å²) in [6.07, 6.45) is 2.94. The van der Waals surface area contributed by atoms with E-state index < -0.39 is 0 Å². The van der Waals surface area contributed by atoms with Gasteiger partial charge >= 0.3 is 0 Å². The molecule has 0 saturated heterocycles. The van der Waals surface area contributed by atoms with Crippen molar-refractivity contribution in [3.63, 3.8) is 0 Å². The molecule has 1 aromatic heterocycles. The highest BCUT2D eigenvalue weighted by atomic mass is 35.5. The van der Waals surface area contributed by atoms with Crippen molar-refractivity contribution in [2.75, 3.05) is 13.2 Å². The molecule has 6 nitrogen and oxygen atoms in total. The SMILES string of the molecule is CC(C)CCOc1ccc(-c2nn(-c3ccccc3)cc2CNC(=O)COc2ccccc2Cl)cc1. The first-order chi connectivity index (χ1) is 17.5. The fourth-order valence-electron chi connectivity index (χ4n) is 3.57. The third-order valence-corrected chi connectivity index (χ3v) is 5.89. The molecule has 3 aromatic carbocycles. The third kappa shape index (κ3) is 6.89. The lowest BCUT2D eigenvalue weighted by molar-refractivity contribution is -0.123. The molecule has 0 bridgehead atoms. The zero-order valence-electron chi connectivity index (χ0n) is 20.5. The molecule has 0 atom stereocenters. The van der Waals surface area contributed by atoms with Crippen LogP contribution in [-0.2, 0) is 11.3 Å². The van der Waals surface area contributed by atoms with Gasteiger partial charge in [0.15, 0.2) is 6.61 Å². The van der Waals surface area contributed by atoms with Crippen LogP contribution < -0.4 is 14.8 Å². The van der Waals surface area contributed by atoms with Gasteiger partial charge in [0.05, 0.1) is 23.0 Å². The van der Waals surface area contributed by atoms with E-state index in [0.717, 1.165) is 34.7 Å². The van der Waals surface area contributed by atoms with E-state index in [1.165, 1.54) is 0 Å². The molecule has 0 aliphatic carbocycles. The molecule has 4 aromatic rings. The van der Waals surface area contributed by atoms with Gasteiger partial charge in [-0.2, -0.15) is 5.10 Å². The number of nitrogens with zero attached hydrogens (tertiary/aromatic N) is 2. The number of carbonyl (C=O) groups excluding carboxylic acids is 1. The number of hydrogen-bond acceptors (Lipinski definition) is 4.